The molecular weight excluding hydrogens is 141 g/mol. The smallest absolute Gasteiger partial charge is 0.181 e. The van der Waals surface area contributed by atoms with E-state index in [0.29, 0.717) is 12.2 Å². The molecule has 0 aromatic rings. The molecule has 0 aromatic carbocycles. The summed E-state index contributed by atoms with van der Waals surface area (Å²) < 4.78 is 17.7. The largest absolute Gasteiger partial charge is 0.253 e. The lowest BCUT2D eigenvalue weighted by molar-refractivity contribution is 0.675. The SMILES string of the molecule is CS(=[15NH])(=O)CCC1[15N]=[15N]1. The van der Waals surface area contributed by atoms with Crippen LogP contribution in [0.15, 0.2) is 10.2 Å². The third-order valence-electron chi connectivity index (χ3n) is 1.04. The molecule has 0 bridgehead atoms. The number of nitrogens with one attached hydrogen (secondary N) is 1. The first-order valence-corrected chi connectivity index (χ1v) is 4.83. The zero-order valence-electron chi connectivity index (χ0n) is 5.20. The van der Waals surface area contributed by atoms with Crippen molar-refractivity contribution in [3.05, 3.63) is 0 Å². The van der Waals surface area contributed by atoms with E-state index in [4.69, 9.17) is 4.78 Å². The van der Waals surface area contributed by atoms with Crippen molar-refractivity contribution in [3.63, 3.8) is 0 Å². The first-order valence-electron chi connectivity index (χ1n) is 2.69. The third kappa shape index (κ3) is 3.18. The van der Waals surface area contributed by atoms with Gasteiger partial charge in [0.2, 0.25) is 0 Å². The number of hydrogen-bond acceptors (Lipinski definition) is 4. The Labute approximate surface area is 54.3 Å². The molecular formula is C4H9N3OS. The fourth-order valence-corrected chi connectivity index (χ4v) is 1.15. The van der Waals surface area contributed by atoms with Crippen LogP contribution in [-0.2, 0) is 9.73 Å². The van der Waals surface area contributed by atoms with Gasteiger partial charge in [0.05, 0.1) is 0 Å². The topological polar surface area (TPSA) is 65.6 Å². The van der Waals surface area contributed by atoms with Gasteiger partial charge >= 0.3 is 0 Å². The average molecular weight is 150 g/mol. The summed E-state index contributed by atoms with van der Waals surface area (Å²) in [5.41, 5.74) is 0. The van der Waals surface area contributed by atoms with Crippen LogP contribution in [-0.4, -0.2) is 22.4 Å². The van der Waals surface area contributed by atoms with E-state index in [1.807, 2.05) is 0 Å². The Balaban J connectivity index is 2.18. The van der Waals surface area contributed by atoms with Gasteiger partial charge in [0.15, 0.2) is 6.17 Å². The van der Waals surface area contributed by atoms with Gasteiger partial charge in [-0.15, -0.1) is 0 Å². The van der Waals surface area contributed by atoms with Crippen molar-refractivity contribution in [2.45, 2.75) is 12.6 Å². The minimum Gasteiger partial charge on any atom is -0.253 e. The van der Waals surface area contributed by atoms with Crippen molar-refractivity contribution in [1.82, 2.24) is 0 Å². The Kier molecular flexibility index (Phi) is 1.52. The van der Waals surface area contributed by atoms with Crippen LogP contribution in [0.3, 0.4) is 0 Å². The van der Waals surface area contributed by atoms with Crippen molar-refractivity contribution >= 4 is 9.73 Å². The summed E-state index contributed by atoms with van der Waals surface area (Å²) in [5, 5.41) is 7.24. The molecule has 0 spiro atoms. The van der Waals surface area contributed by atoms with Crippen LogP contribution in [0.2, 0.25) is 0 Å². The lowest BCUT2D eigenvalue weighted by Crippen LogP contribution is -2.03. The molecule has 1 rings (SSSR count). The van der Waals surface area contributed by atoms with Crippen molar-refractivity contribution < 1.29 is 4.21 Å². The van der Waals surface area contributed by atoms with Gasteiger partial charge in [-0.25, -0.2) is 0 Å². The summed E-state index contributed by atoms with van der Waals surface area (Å²) in [4.78, 5) is 0. The first kappa shape index (κ1) is 6.67. The molecule has 1 aliphatic heterocycles. The lowest BCUT2D eigenvalue weighted by atomic mass is 10.5. The van der Waals surface area contributed by atoms with Crippen molar-refractivity contribution in [1.29, 1.82) is 4.78 Å². The minimum atomic E-state index is -2.30. The molecule has 0 aliphatic carbocycles. The lowest BCUT2D eigenvalue weighted by Gasteiger charge is -1.94. The molecule has 52 valence electrons. The Bertz CT molecular complexity index is 212. The normalized spacial score (nSPS) is 23.7. The third-order valence-corrected chi connectivity index (χ3v) is 2.06. The molecule has 4 nitrogen and oxygen atoms in total. The van der Waals surface area contributed by atoms with Gasteiger partial charge in [0.1, 0.15) is 0 Å². The van der Waals surface area contributed by atoms with E-state index in [0.717, 1.165) is 0 Å². The number of nitrogens with zero attached hydrogens (tertiary/aromatic N) is 2. The van der Waals surface area contributed by atoms with E-state index in [-0.39, 0.29) is 6.17 Å². The van der Waals surface area contributed by atoms with Crippen molar-refractivity contribution in [2.75, 3.05) is 12.0 Å². The highest BCUT2D eigenvalue weighted by molar-refractivity contribution is 7.91. The summed E-state index contributed by atoms with van der Waals surface area (Å²) in [6.45, 7) is 0. The maximum atomic E-state index is 10.7. The molecule has 0 amide bonds. The monoisotopic (exact) mass is 150 g/mol. The highest BCUT2D eigenvalue weighted by Gasteiger charge is 2.16. The first-order chi connectivity index (χ1) is 4.08. The Morgan fingerprint density at radius 1 is 1.67 bits per heavy atom. The minimum absolute atomic E-state index is 0.0659. The molecule has 0 saturated heterocycles. The van der Waals surface area contributed by atoms with Gasteiger partial charge in [-0.1, -0.05) is 0 Å². The second kappa shape index (κ2) is 2.06. The highest BCUT2D eigenvalue weighted by Crippen LogP contribution is 2.14. The van der Waals surface area contributed by atoms with E-state index in [9.17, 15) is 4.21 Å². The van der Waals surface area contributed by atoms with Crippen LogP contribution in [0.4, 0.5) is 0 Å². The van der Waals surface area contributed by atoms with Crippen molar-refractivity contribution in [3.8, 4) is 0 Å². The van der Waals surface area contributed by atoms with E-state index in [1.54, 1.807) is 0 Å². The highest BCUT2D eigenvalue weighted by atomic mass is 32.2. The van der Waals surface area contributed by atoms with Crippen LogP contribution >= 0.6 is 0 Å². The van der Waals surface area contributed by atoms with Gasteiger partial charge in [0, 0.05) is 28.2 Å². The molecule has 0 saturated carbocycles. The standard InChI is InChI=1S/C4H9N3OS/c1-9(5,8)3-2-4-6-7-4/h4-5H,2-3H2,1H3/i5+1,6+1,7+1. The Morgan fingerprint density at radius 2 is 2.22 bits per heavy atom. The molecule has 9 heavy (non-hydrogen) atoms. The summed E-state index contributed by atoms with van der Waals surface area (Å²) in [6, 6.07) is 0. The van der Waals surface area contributed by atoms with E-state index in [1.165, 1.54) is 6.26 Å². The molecule has 1 atom stereocenters. The Morgan fingerprint density at radius 3 is 2.56 bits per heavy atom. The molecule has 5 heteroatoms. The number of rotatable bonds is 3. The predicted molar refractivity (Wildman–Crippen MR) is 34.9 cm³/mol. The second-order valence-corrected chi connectivity index (χ2v) is 4.63. The zero-order valence-corrected chi connectivity index (χ0v) is 6.02. The van der Waals surface area contributed by atoms with Gasteiger partial charge in [-0.05, 0) is 0 Å². The molecule has 0 fully saturated rings. The summed E-state index contributed by atoms with van der Waals surface area (Å²) >= 11 is 0. The van der Waals surface area contributed by atoms with Gasteiger partial charge < -0.3 is 0 Å². The number of hydrogen-bond donors (Lipinski definition) is 1. The van der Waals surface area contributed by atoms with Crippen LogP contribution in [0.1, 0.15) is 6.42 Å². The van der Waals surface area contributed by atoms with E-state index < -0.39 is 9.73 Å². The predicted octanol–water partition coefficient (Wildman–Crippen LogP) is 0.845. The molecule has 1 unspecified atom stereocenters. The molecule has 0 aromatic heterocycles. The summed E-state index contributed by atoms with van der Waals surface area (Å²) in [6.07, 6.45) is 2.19. The molecule has 1 aliphatic rings. The molecule has 0 radical (unpaired) electrons. The maximum Gasteiger partial charge on any atom is 0.181 e. The van der Waals surface area contributed by atoms with E-state index >= 15 is 0 Å². The van der Waals surface area contributed by atoms with Crippen LogP contribution < -0.4 is 0 Å². The maximum absolute atomic E-state index is 10.7. The Hall–Kier alpha value is -0.450. The fourth-order valence-electron chi connectivity index (χ4n) is 0.493. The molecule has 1 N–H and O–H groups in total. The summed E-state index contributed by atoms with van der Waals surface area (Å²) in [5.74, 6) is 0.421. The fraction of sp³-hybridized carbons (Fsp3) is 1.00. The second-order valence-electron chi connectivity index (χ2n) is 2.21. The summed E-state index contributed by atoms with van der Waals surface area (Å²) in [7, 11) is -2.30. The van der Waals surface area contributed by atoms with Crippen LogP contribution in [0.25, 0.3) is 0 Å². The molecule has 1 heterocycles. The van der Waals surface area contributed by atoms with Gasteiger partial charge in [-0.3, -0.25) is 8.99 Å². The van der Waals surface area contributed by atoms with Gasteiger partial charge in [0.25, 0.3) is 0 Å². The van der Waals surface area contributed by atoms with E-state index in [2.05, 4.69) is 10.2 Å². The average Bonchev–Trinajstić information content (AvgIpc) is 2.38. The van der Waals surface area contributed by atoms with Crippen LogP contribution in [0.5, 0.6) is 0 Å². The van der Waals surface area contributed by atoms with Gasteiger partial charge in [-0.2, -0.15) is 10.2 Å². The zero-order chi connectivity index (χ0) is 6.91. The quantitative estimate of drug-likeness (QED) is 0.595. The van der Waals surface area contributed by atoms with Crippen LogP contribution in [0, 0.1) is 4.78 Å². The van der Waals surface area contributed by atoms with Crippen molar-refractivity contribution in [2.24, 2.45) is 10.2 Å².